The summed E-state index contributed by atoms with van der Waals surface area (Å²) in [6, 6.07) is 18.4. The van der Waals surface area contributed by atoms with Crippen molar-refractivity contribution in [1.29, 1.82) is 0 Å². The molecular weight excluding hydrogens is 583 g/mol. The Morgan fingerprint density at radius 2 is 1.70 bits per heavy atom. The van der Waals surface area contributed by atoms with Crippen molar-refractivity contribution in [2.24, 2.45) is 29.1 Å². The third kappa shape index (κ3) is 3.93. The van der Waals surface area contributed by atoms with Gasteiger partial charge in [0.25, 0.3) is 0 Å². The normalized spacial score (nSPS) is 29.5. The van der Waals surface area contributed by atoms with Crippen LogP contribution in [0.4, 0.5) is 10.1 Å². The number of hydrogen-bond donors (Lipinski definition) is 1. The van der Waals surface area contributed by atoms with E-state index in [1.54, 1.807) is 32.0 Å². The van der Waals surface area contributed by atoms with Crippen molar-refractivity contribution in [3.05, 3.63) is 106 Å². The van der Waals surface area contributed by atoms with Gasteiger partial charge in [-0.05, 0) is 61.9 Å². The maximum absolute atomic E-state index is 14.5. The van der Waals surface area contributed by atoms with Gasteiger partial charge in [0, 0.05) is 11.5 Å². The van der Waals surface area contributed by atoms with Crippen LogP contribution in [0.2, 0.25) is 5.02 Å². The molecule has 2 aliphatic carbocycles. The van der Waals surface area contributed by atoms with Crippen molar-refractivity contribution in [1.82, 2.24) is 4.90 Å². The minimum absolute atomic E-state index is 0.0178. The molecule has 4 amide bonds. The van der Waals surface area contributed by atoms with Gasteiger partial charge in [0.2, 0.25) is 23.6 Å². The Hall–Kier alpha value is -4.30. The molecule has 1 N–H and O–H groups in total. The van der Waals surface area contributed by atoms with E-state index in [0.717, 1.165) is 22.1 Å². The zero-order chi connectivity index (χ0) is 31.1. The van der Waals surface area contributed by atoms with E-state index in [1.807, 2.05) is 36.4 Å². The molecule has 3 fully saturated rings. The molecule has 0 unspecified atom stereocenters. The zero-order valence-corrected chi connectivity index (χ0v) is 24.9. The summed E-state index contributed by atoms with van der Waals surface area (Å²) in [5, 5.41) is 11.1. The minimum atomic E-state index is -1.33. The van der Waals surface area contributed by atoms with Crippen LogP contribution in [-0.2, 0) is 25.7 Å². The Bertz CT molecular complexity index is 1790. The van der Waals surface area contributed by atoms with E-state index in [4.69, 9.17) is 11.6 Å². The van der Waals surface area contributed by atoms with E-state index >= 15 is 0 Å². The zero-order valence-electron chi connectivity index (χ0n) is 24.2. The number of aromatic hydroxyl groups is 1. The summed E-state index contributed by atoms with van der Waals surface area (Å²) >= 11 is 6.06. The van der Waals surface area contributed by atoms with Crippen molar-refractivity contribution in [2.75, 3.05) is 4.90 Å². The number of carbonyl (C=O) groups excluding carboxylic acids is 4. The second kappa shape index (κ2) is 10.1. The first-order valence-electron chi connectivity index (χ1n) is 14.7. The third-order valence-corrected chi connectivity index (χ3v) is 10.6. The average Bonchev–Trinajstić information content (AvgIpc) is 3.36. The van der Waals surface area contributed by atoms with Crippen LogP contribution in [0.5, 0.6) is 5.75 Å². The molecule has 2 aliphatic heterocycles. The summed E-state index contributed by atoms with van der Waals surface area (Å²) in [6.07, 6.45) is 2.45. The van der Waals surface area contributed by atoms with E-state index in [2.05, 4.69) is 0 Å². The maximum atomic E-state index is 14.5. The number of phenolic OH excluding ortho intramolecular Hbond substituents is 1. The van der Waals surface area contributed by atoms with Crippen molar-refractivity contribution < 1.29 is 28.7 Å². The Kier molecular flexibility index (Phi) is 6.55. The predicted octanol–water partition coefficient (Wildman–Crippen LogP) is 5.92. The average molecular weight is 613 g/mol. The summed E-state index contributed by atoms with van der Waals surface area (Å²) in [4.78, 5) is 58.8. The Balaban J connectivity index is 1.35. The number of imide groups is 2. The molecule has 0 bridgehead atoms. The molecule has 2 heterocycles. The monoisotopic (exact) mass is 612 g/mol. The van der Waals surface area contributed by atoms with Crippen LogP contribution < -0.4 is 4.90 Å². The number of nitrogens with zero attached hydrogens (tertiary/aromatic N) is 2. The van der Waals surface area contributed by atoms with Gasteiger partial charge in [0.05, 0.1) is 40.4 Å². The molecule has 7 nitrogen and oxygen atoms in total. The smallest absolute Gasteiger partial charge is 0.241 e. The Labute approximate surface area is 258 Å². The highest BCUT2D eigenvalue weighted by atomic mass is 35.5. The van der Waals surface area contributed by atoms with E-state index in [1.165, 1.54) is 17.0 Å². The predicted molar refractivity (Wildman–Crippen MR) is 161 cm³/mol. The number of amides is 4. The van der Waals surface area contributed by atoms with Crippen LogP contribution in [0.1, 0.15) is 42.4 Å². The highest BCUT2D eigenvalue weighted by Gasteiger charge is 2.67. The molecule has 2 saturated heterocycles. The molecule has 224 valence electrons. The number of likely N-dealkylation sites (tertiary alicyclic amines) is 1. The van der Waals surface area contributed by atoms with Crippen LogP contribution in [0.15, 0.2) is 78.4 Å². The largest absolute Gasteiger partial charge is 0.507 e. The molecule has 9 heteroatoms. The highest BCUT2D eigenvalue weighted by Crippen LogP contribution is 2.64. The van der Waals surface area contributed by atoms with Crippen LogP contribution in [0.25, 0.3) is 0 Å². The quantitative estimate of drug-likeness (QED) is 0.291. The highest BCUT2D eigenvalue weighted by molar-refractivity contribution is 6.31. The summed E-state index contributed by atoms with van der Waals surface area (Å²) in [5.41, 5.74) is 1.56. The van der Waals surface area contributed by atoms with Crippen molar-refractivity contribution in [3.8, 4) is 5.75 Å². The van der Waals surface area contributed by atoms with E-state index in [0.29, 0.717) is 17.5 Å². The van der Waals surface area contributed by atoms with Crippen LogP contribution in [0, 0.1) is 41.8 Å². The number of anilines is 1. The number of carbonyl (C=O) groups is 4. The van der Waals surface area contributed by atoms with Gasteiger partial charge < -0.3 is 5.11 Å². The molecule has 3 aromatic carbocycles. The fourth-order valence-corrected chi connectivity index (χ4v) is 8.31. The van der Waals surface area contributed by atoms with Crippen LogP contribution in [0.3, 0.4) is 0 Å². The molecule has 3 aromatic rings. The second-order valence-electron chi connectivity index (χ2n) is 12.5. The molecule has 1 saturated carbocycles. The first-order chi connectivity index (χ1) is 21.0. The second-order valence-corrected chi connectivity index (χ2v) is 12.9. The maximum Gasteiger partial charge on any atom is 0.241 e. The Morgan fingerprint density at radius 1 is 0.955 bits per heavy atom. The van der Waals surface area contributed by atoms with Gasteiger partial charge >= 0.3 is 0 Å². The molecule has 7 rings (SSSR count). The molecule has 4 aliphatic rings. The molecule has 6 atom stereocenters. The van der Waals surface area contributed by atoms with E-state index in [-0.39, 0.29) is 41.2 Å². The van der Waals surface area contributed by atoms with Gasteiger partial charge in [0.1, 0.15) is 11.6 Å². The van der Waals surface area contributed by atoms with Gasteiger partial charge in [0.15, 0.2) is 0 Å². The first-order valence-corrected chi connectivity index (χ1v) is 15.1. The van der Waals surface area contributed by atoms with E-state index in [9.17, 15) is 28.7 Å². The lowest BCUT2D eigenvalue weighted by Gasteiger charge is -2.49. The number of aryl methyl sites for hydroxylation is 1. The lowest BCUT2D eigenvalue weighted by Crippen LogP contribution is -2.48. The molecule has 44 heavy (non-hydrogen) atoms. The fraction of sp³-hybridized carbons (Fsp3) is 0.314. The molecule has 0 spiro atoms. The third-order valence-electron chi connectivity index (χ3n) is 10.3. The van der Waals surface area contributed by atoms with Gasteiger partial charge in [-0.15, -0.1) is 0 Å². The number of hydrogen-bond acceptors (Lipinski definition) is 5. The molecule has 0 aromatic heterocycles. The fourth-order valence-electron chi connectivity index (χ4n) is 8.13. The van der Waals surface area contributed by atoms with Gasteiger partial charge in [-0.25, -0.2) is 9.29 Å². The van der Waals surface area contributed by atoms with Crippen LogP contribution in [-0.4, -0.2) is 33.6 Å². The summed E-state index contributed by atoms with van der Waals surface area (Å²) in [5.74, 6) is -5.51. The first kappa shape index (κ1) is 28.5. The lowest BCUT2D eigenvalue weighted by molar-refractivity contribution is -0.141. The number of para-hydroxylation sites is 1. The van der Waals surface area contributed by atoms with Gasteiger partial charge in [-0.3, -0.25) is 24.1 Å². The topological polar surface area (TPSA) is 95.0 Å². The number of allylic oxidation sites excluding steroid dienone is 2. The number of halogens is 2. The summed E-state index contributed by atoms with van der Waals surface area (Å²) < 4.78 is 14.1. The Morgan fingerprint density at radius 3 is 2.43 bits per heavy atom. The molecule has 0 radical (unpaired) electrons. The van der Waals surface area contributed by atoms with Gasteiger partial charge in [-0.1, -0.05) is 71.8 Å². The minimum Gasteiger partial charge on any atom is -0.507 e. The van der Waals surface area contributed by atoms with Crippen molar-refractivity contribution in [2.45, 2.75) is 39.2 Å². The standard InChI is InChI=1S/C35H30ClFN2O5/c1-18-7-6-10-23(30(18)40)29-21-12-13-22-28(33(43)38(31(22)41)17-19-8-4-3-5-9-19)24(21)16-25-32(42)39(34(44)35(25,29)2)20-11-14-27(37)26(36)15-20/h3-12,14-15,22,24-25,28-29,40H,13,16-17H2,1-2H3/t22-,24+,25-,28-,29+,35+/m0/s1. The number of rotatable bonds is 4. The number of benzene rings is 3. The SMILES string of the molecule is Cc1cccc([C@H]2C3=CC[C@@H]4C(=O)N(Cc5ccccc5)C(=O)[C@@H]4[C@@H]3C[C@H]3C(=O)N(c4ccc(F)c(Cl)c4)C(=O)[C@@]23C)c1O. The summed E-state index contributed by atoms with van der Waals surface area (Å²) in [6.45, 7) is 3.66. The van der Waals surface area contributed by atoms with Gasteiger partial charge in [-0.2, -0.15) is 0 Å². The molecular formula is C35H30ClFN2O5. The van der Waals surface area contributed by atoms with Crippen molar-refractivity contribution in [3.63, 3.8) is 0 Å². The summed E-state index contributed by atoms with van der Waals surface area (Å²) in [7, 11) is 0. The number of phenols is 1. The number of fused-ring (bicyclic) bond motifs is 4. The van der Waals surface area contributed by atoms with Crippen LogP contribution >= 0.6 is 11.6 Å². The van der Waals surface area contributed by atoms with E-state index < -0.39 is 52.6 Å². The lowest BCUT2D eigenvalue weighted by atomic mass is 9.51. The van der Waals surface area contributed by atoms with Crippen molar-refractivity contribution >= 4 is 40.9 Å².